The molecule has 210 valence electrons. The standard InChI is InChI=1S/C40H25BN2O2/c1-2-9-24-22(8-1)16-18-27-29(24)21-32-37-39(27)45-34-15-7-13-31-36(34)41(37)40-38(28-11-3-5-12-30(28)43(31)40)42(32)23-17-19-26-25-10-4-6-14-33(25)44-35(26)20-23/h1-2,4,6-10,13-21H,3,5,11-12H2. The van der Waals surface area contributed by atoms with Gasteiger partial charge in [-0.15, -0.1) is 0 Å². The molecule has 0 saturated heterocycles. The lowest BCUT2D eigenvalue weighted by Crippen LogP contribution is -2.57. The van der Waals surface area contributed by atoms with Crippen LogP contribution >= 0.6 is 0 Å². The van der Waals surface area contributed by atoms with E-state index in [0.717, 1.165) is 52.0 Å². The first-order valence-electron chi connectivity index (χ1n) is 16.1. The molecule has 0 amide bonds. The largest absolute Gasteiger partial charge is 0.458 e. The van der Waals surface area contributed by atoms with Crippen LogP contribution < -0.4 is 26.2 Å². The number of fused-ring (bicyclic) bond motifs is 11. The number of anilines is 3. The molecule has 0 spiro atoms. The van der Waals surface area contributed by atoms with Gasteiger partial charge in [0.15, 0.2) is 0 Å². The van der Waals surface area contributed by atoms with Gasteiger partial charge < -0.3 is 18.6 Å². The number of nitrogens with zero attached hydrogens (tertiary/aromatic N) is 2. The molecule has 2 aromatic heterocycles. The van der Waals surface area contributed by atoms with Crippen molar-refractivity contribution in [2.45, 2.75) is 25.7 Å². The lowest BCUT2D eigenvalue weighted by Gasteiger charge is -2.38. The zero-order chi connectivity index (χ0) is 29.0. The average molecular weight is 576 g/mol. The van der Waals surface area contributed by atoms with Gasteiger partial charge in [-0.3, -0.25) is 0 Å². The third kappa shape index (κ3) is 2.65. The average Bonchev–Trinajstić information content (AvgIpc) is 3.75. The second-order valence-electron chi connectivity index (χ2n) is 13.1. The van der Waals surface area contributed by atoms with Crippen LogP contribution in [0.5, 0.6) is 11.5 Å². The molecule has 1 aliphatic carbocycles. The number of aromatic nitrogens is 1. The second kappa shape index (κ2) is 7.80. The van der Waals surface area contributed by atoms with Crippen LogP contribution in [-0.2, 0) is 12.8 Å². The van der Waals surface area contributed by atoms with Crippen molar-refractivity contribution in [1.82, 2.24) is 4.57 Å². The van der Waals surface area contributed by atoms with E-state index in [9.17, 15) is 0 Å². The van der Waals surface area contributed by atoms with E-state index in [2.05, 4.69) is 107 Å². The van der Waals surface area contributed by atoms with Crippen LogP contribution in [-0.4, -0.2) is 11.3 Å². The summed E-state index contributed by atoms with van der Waals surface area (Å²) >= 11 is 0. The quantitative estimate of drug-likeness (QED) is 0.146. The first-order valence-corrected chi connectivity index (χ1v) is 16.1. The van der Waals surface area contributed by atoms with Crippen molar-refractivity contribution in [2.24, 2.45) is 0 Å². The predicted molar refractivity (Wildman–Crippen MR) is 184 cm³/mol. The zero-order valence-electron chi connectivity index (χ0n) is 24.4. The third-order valence-corrected chi connectivity index (χ3v) is 10.9. The van der Waals surface area contributed by atoms with E-state index in [-0.39, 0.29) is 6.71 Å². The molecule has 0 fully saturated rings. The Bertz CT molecular complexity index is 2660. The molecule has 3 aliphatic heterocycles. The molecular weight excluding hydrogens is 551 g/mol. The van der Waals surface area contributed by atoms with E-state index < -0.39 is 0 Å². The van der Waals surface area contributed by atoms with Crippen molar-refractivity contribution in [2.75, 3.05) is 4.90 Å². The molecule has 6 aromatic carbocycles. The van der Waals surface area contributed by atoms with E-state index >= 15 is 0 Å². The van der Waals surface area contributed by atoms with Gasteiger partial charge in [0.1, 0.15) is 22.7 Å². The van der Waals surface area contributed by atoms with Crippen molar-refractivity contribution in [3.8, 4) is 17.2 Å². The first kappa shape index (κ1) is 23.0. The minimum absolute atomic E-state index is 0.151. The Kier molecular flexibility index (Phi) is 3.99. The smallest absolute Gasteiger partial charge is 0.280 e. The highest BCUT2D eigenvalue weighted by Crippen LogP contribution is 2.51. The van der Waals surface area contributed by atoms with Gasteiger partial charge in [-0.1, -0.05) is 60.7 Å². The Morgan fingerprint density at radius 2 is 1.47 bits per heavy atom. The molecule has 4 aliphatic rings. The summed E-state index contributed by atoms with van der Waals surface area (Å²) in [6.45, 7) is 0.151. The fourth-order valence-electron chi connectivity index (χ4n) is 9.16. The fraction of sp³-hybridized carbons (Fsp3) is 0.100. The fourth-order valence-corrected chi connectivity index (χ4v) is 9.16. The molecule has 0 unspecified atom stereocenters. The maximum Gasteiger partial charge on any atom is 0.280 e. The summed E-state index contributed by atoms with van der Waals surface area (Å²) in [5.41, 5.74) is 13.9. The van der Waals surface area contributed by atoms with Gasteiger partial charge >= 0.3 is 0 Å². The highest BCUT2D eigenvalue weighted by atomic mass is 16.5. The molecular formula is C40H25BN2O2. The summed E-state index contributed by atoms with van der Waals surface area (Å²) in [5.74, 6) is 1.99. The molecule has 0 radical (unpaired) electrons. The highest BCUT2D eigenvalue weighted by molar-refractivity contribution is 7.01. The van der Waals surface area contributed by atoms with Crippen LogP contribution in [0.1, 0.15) is 24.1 Å². The predicted octanol–water partition coefficient (Wildman–Crippen LogP) is 8.28. The Morgan fingerprint density at radius 1 is 0.622 bits per heavy atom. The zero-order valence-corrected chi connectivity index (χ0v) is 24.4. The lowest BCUT2D eigenvalue weighted by atomic mass is 9.36. The van der Waals surface area contributed by atoms with Crippen molar-refractivity contribution in [1.29, 1.82) is 0 Å². The van der Waals surface area contributed by atoms with Gasteiger partial charge in [0.2, 0.25) is 0 Å². The summed E-state index contributed by atoms with van der Waals surface area (Å²) in [7, 11) is 0. The number of rotatable bonds is 1. The third-order valence-electron chi connectivity index (χ3n) is 10.9. The molecule has 0 saturated carbocycles. The number of ether oxygens (including phenoxy) is 1. The summed E-state index contributed by atoms with van der Waals surface area (Å²) in [6, 6.07) is 37.5. The Morgan fingerprint density at radius 3 is 2.44 bits per heavy atom. The molecule has 5 heterocycles. The Hall–Kier alpha value is -5.42. The number of benzene rings is 6. The van der Waals surface area contributed by atoms with Gasteiger partial charge in [-0.2, -0.15) is 0 Å². The monoisotopic (exact) mass is 576 g/mol. The second-order valence-corrected chi connectivity index (χ2v) is 13.1. The van der Waals surface area contributed by atoms with Crippen LogP contribution in [0.2, 0.25) is 0 Å². The van der Waals surface area contributed by atoms with E-state index in [1.54, 1.807) is 0 Å². The molecule has 45 heavy (non-hydrogen) atoms. The van der Waals surface area contributed by atoms with Gasteiger partial charge in [0.25, 0.3) is 6.71 Å². The van der Waals surface area contributed by atoms with E-state index in [4.69, 9.17) is 9.15 Å². The number of hydrogen-bond acceptors (Lipinski definition) is 3. The highest BCUT2D eigenvalue weighted by Gasteiger charge is 2.51. The van der Waals surface area contributed by atoms with Gasteiger partial charge in [-0.25, -0.2) is 0 Å². The van der Waals surface area contributed by atoms with E-state index in [1.807, 2.05) is 6.07 Å². The minimum Gasteiger partial charge on any atom is -0.458 e. The van der Waals surface area contributed by atoms with Gasteiger partial charge in [0.05, 0.1) is 5.69 Å². The maximum atomic E-state index is 7.02. The molecule has 0 atom stereocenters. The summed E-state index contributed by atoms with van der Waals surface area (Å²) in [4.78, 5) is 2.55. The lowest BCUT2D eigenvalue weighted by molar-refractivity contribution is 0.493. The van der Waals surface area contributed by atoms with E-state index in [1.165, 1.54) is 79.2 Å². The van der Waals surface area contributed by atoms with Crippen LogP contribution in [0.15, 0.2) is 108 Å². The number of furan rings is 1. The Labute approximate surface area is 259 Å². The van der Waals surface area contributed by atoms with Crippen molar-refractivity contribution >= 4 is 83.8 Å². The Balaban J connectivity index is 1.26. The summed E-state index contributed by atoms with van der Waals surface area (Å²) in [5, 5.41) is 7.21. The SMILES string of the molecule is c1cc2c3c(c1)-n1c4c(c5c1B3c1c(cc3c(ccc6ccccc63)c1O2)N5c1ccc2c(c1)oc1ccccc12)CCCC4. The van der Waals surface area contributed by atoms with Gasteiger partial charge in [0, 0.05) is 50.6 Å². The van der Waals surface area contributed by atoms with Crippen molar-refractivity contribution in [3.63, 3.8) is 0 Å². The normalized spacial score (nSPS) is 15.3. The van der Waals surface area contributed by atoms with Crippen LogP contribution in [0.25, 0.3) is 49.2 Å². The van der Waals surface area contributed by atoms with Crippen LogP contribution in [0.3, 0.4) is 0 Å². The first-order chi connectivity index (χ1) is 22.3. The molecule has 0 bridgehead atoms. The van der Waals surface area contributed by atoms with Crippen LogP contribution in [0, 0.1) is 0 Å². The summed E-state index contributed by atoms with van der Waals surface area (Å²) < 4.78 is 16.1. The molecule has 8 aromatic rings. The topological polar surface area (TPSA) is 30.5 Å². The van der Waals surface area contributed by atoms with Crippen molar-refractivity contribution < 1.29 is 9.15 Å². The van der Waals surface area contributed by atoms with Crippen molar-refractivity contribution in [3.05, 3.63) is 114 Å². The minimum atomic E-state index is 0.151. The maximum absolute atomic E-state index is 7.02. The van der Waals surface area contributed by atoms with E-state index in [0.29, 0.717) is 0 Å². The molecule has 4 nitrogen and oxygen atoms in total. The van der Waals surface area contributed by atoms with Gasteiger partial charge in [-0.05, 0) is 94.7 Å². The number of hydrogen-bond donors (Lipinski definition) is 0. The molecule has 5 heteroatoms. The number of para-hydroxylation sites is 1. The van der Waals surface area contributed by atoms with Crippen LogP contribution in [0.4, 0.5) is 17.1 Å². The molecule has 0 N–H and O–H groups in total. The molecule has 12 rings (SSSR count). The summed E-state index contributed by atoms with van der Waals surface area (Å²) in [6.07, 6.45) is 4.66.